The molecule has 0 aliphatic rings. The van der Waals surface area contributed by atoms with E-state index in [4.69, 9.17) is 12.2 Å². The largest absolute Gasteiger partial charge is 0.371 e. The number of nitrogens with one attached hydrogen (secondary N) is 2. The second kappa shape index (κ2) is 7.63. The van der Waals surface area contributed by atoms with Gasteiger partial charge in [0.2, 0.25) is 0 Å². The van der Waals surface area contributed by atoms with Crippen molar-refractivity contribution in [1.29, 1.82) is 0 Å². The average molecular weight is 398 g/mol. The molecule has 3 aromatic rings. The van der Waals surface area contributed by atoms with E-state index in [9.17, 15) is 9.59 Å². The quantitative estimate of drug-likeness (QED) is 0.508. The first-order valence-corrected chi connectivity index (χ1v) is 9.46. The van der Waals surface area contributed by atoms with E-state index in [-0.39, 0.29) is 23.9 Å². The number of hydrogen-bond donors (Lipinski definition) is 2. The van der Waals surface area contributed by atoms with Gasteiger partial charge in [-0.1, -0.05) is 12.2 Å². The van der Waals surface area contributed by atoms with Crippen molar-refractivity contribution in [1.82, 2.24) is 25.1 Å². The number of carbonyl (C=O) groups excluding carboxylic acids is 1. The molecule has 0 radical (unpaired) electrons. The second-order valence-electron chi connectivity index (χ2n) is 7.16. The molecular formula is C20H23N5O2S. The number of Topliss-reactive ketones (excluding diaryl/α,β-unsaturated/α-hetero) is 1. The molecule has 7 nitrogen and oxygen atoms in total. The minimum absolute atomic E-state index is 0.0929. The third-order valence-electron chi connectivity index (χ3n) is 4.58. The summed E-state index contributed by atoms with van der Waals surface area (Å²) in [4.78, 5) is 31.9. The number of pyridine rings is 2. The Labute approximate surface area is 168 Å². The molecular weight excluding hydrogens is 374 g/mol. The van der Waals surface area contributed by atoms with Crippen LogP contribution in [0, 0.1) is 13.8 Å². The first kappa shape index (κ1) is 19.9. The maximum absolute atomic E-state index is 12.2. The monoisotopic (exact) mass is 397 g/mol. The molecule has 0 amide bonds. The maximum atomic E-state index is 12.2. The van der Waals surface area contributed by atoms with E-state index in [1.165, 1.54) is 6.92 Å². The van der Waals surface area contributed by atoms with Crippen LogP contribution in [-0.4, -0.2) is 30.5 Å². The van der Waals surface area contributed by atoms with Gasteiger partial charge in [-0.3, -0.25) is 9.59 Å². The van der Waals surface area contributed by atoms with Crippen molar-refractivity contribution in [2.45, 2.75) is 47.2 Å². The highest BCUT2D eigenvalue weighted by molar-refractivity contribution is 7.80. The Bertz CT molecular complexity index is 1140. The zero-order valence-corrected chi connectivity index (χ0v) is 17.4. The van der Waals surface area contributed by atoms with Gasteiger partial charge in [-0.25, -0.2) is 9.67 Å². The van der Waals surface area contributed by atoms with E-state index < -0.39 is 0 Å². The van der Waals surface area contributed by atoms with Crippen molar-refractivity contribution in [3.05, 3.63) is 56.8 Å². The number of aromatic nitrogens is 4. The minimum atomic E-state index is -0.145. The SMILES string of the molecule is CC(=O)c1cc(C(=S)NCc2c(C)cc(C)[nH]c2=O)c2cnn(C(C)C)c2n1. The van der Waals surface area contributed by atoms with Gasteiger partial charge in [0.1, 0.15) is 10.7 Å². The van der Waals surface area contributed by atoms with Gasteiger partial charge in [0.25, 0.3) is 5.56 Å². The van der Waals surface area contributed by atoms with Gasteiger partial charge in [0, 0.05) is 41.7 Å². The highest BCUT2D eigenvalue weighted by Gasteiger charge is 2.17. The van der Waals surface area contributed by atoms with Crippen molar-refractivity contribution in [2.75, 3.05) is 0 Å². The number of nitrogens with zero attached hydrogens (tertiary/aromatic N) is 3. The fraction of sp³-hybridized carbons (Fsp3) is 0.350. The fourth-order valence-corrected chi connectivity index (χ4v) is 3.37. The van der Waals surface area contributed by atoms with Crippen molar-refractivity contribution < 1.29 is 4.79 Å². The number of hydrogen-bond acceptors (Lipinski definition) is 5. The molecule has 3 aromatic heterocycles. The smallest absolute Gasteiger partial charge is 0.253 e. The standard InChI is InChI=1S/C20H23N5O2S/c1-10(2)25-18-16(9-22-25)14(7-17(24-18)13(5)26)20(28)21-8-15-11(3)6-12(4)23-19(15)27/h6-7,9-10H,8H2,1-5H3,(H,21,28)(H,23,27). The van der Waals surface area contributed by atoms with Crippen molar-refractivity contribution in [3.63, 3.8) is 0 Å². The van der Waals surface area contributed by atoms with Crippen LogP contribution < -0.4 is 10.9 Å². The van der Waals surface area contributed by atoms with Gasteiger partial charge in [-0.15, -0.1) is 0 Å². The third-order valence-corrected chi connectivity index (χ3v) is 4.94. The van der Waals surface area contributed by atoms with Crippen LogP contribution in [0.3, 0.4) is 0 Å². The Hall–Kier alpha value is -2.87. The molecule has 0 aromatic carbocycles. The summed E-state index contributed by atoms with van der Waals surface area (Å²) >= 11 is 5.58. The van der Waals surface area contributed by atoms with Gasteiger partial charge in [-0.05, 0) is 45.4 Å². The first-order chi connectivity index (χ1) is 13.2. The molecule has 2 N–H and O–H groups in total. The number of carbonyl (C=O) groups is 1. The number of H-pyrrole nitrogens is 1. The van der Waals surface area contributed by atoms with E-state index in [0.29, 0.717) is 27.5 Å². The number of aryl methyl sites for hydroxylation is 2. The van der Waals surface area contributed by atoms with Crippen LogP contribution >= 0.6 is 12.2 Å². The van der Waals surface area contributed by atoms with Crippen LogP contribution in [0.25, 0.3) is 11.0 Å². The predicted octanol–water partition coefficient (Wildman–Crippen LogP) is 2.99. The van der Waals surface area contributed by atoms with Crippen LogP contribution in [0.5, 0.6) is 0 Å². The fourth-order valence-electron chi connectivity index (χ4n) is 3.13. The van der Waals surface area contributed by atoms with Crippen LogP contribution in [0.15, 0.2) is 23.1 Å². The molecule has 8 heteroatoms. The van der Waals surface area contributed by atoms with E-state index in [0.717, 1.165) is 16.6 Å². The zero-order valence-electron chi connectivity index (χ0n) is 16.6. The molecule has 28 heavy (non-hydrogen) atoms. The van der Waals surface area contributed by atoms with Crippen LogP contribution in [-0.2, 0) is 6.54 Å². The van der Waals surface area contributed by atoms with Gasteiger partial charge in [0.05, 0.1) is 6.20 Å². The first-order valence-electron chi connectivity index (χ1n) is 9.05. The number of thiocarbonyl (C=S) groups is 1. The van der Waals surface area contributed by atoms with Gasteiger partial charge >= 0.3 is 0 Å². The molecule has 3 heterocycles. The zero-order chi connectivity index (χ0) is 20.6. The maximum Gasteiger partial charge on any atom is 0.253 e. The Kier molecular flexibility index (Phi) is 5.42. The summed E-state index contributed by atoms with van der Waals surface area (Å²) in [5.74, 6) is -0.145. The lowest BCUT2D eigenvalue weighted by molar-refractivity contribution is 0.101. The molecule has 3 rings (SSSR count). The number of aromatic amines is 1. The second-order valence-corrected chi connectivity index (χ2v) is 7.57. The molecule has 0 aliphatic heterocycles. The Balaban J connectivity index is 2.00. The summed E-state index contributed by atoms with van der Waals surface area (Å²) in [7, 11) is 0. The molecule has 146 valence electrons. The highest BCUT2D eigenvalue weighted by Crippen LogP contribution is 2.22. The lowest BCUT2D eigenvalue weighted by Crippen LogP contribution is -2.27. The number of fused-ring (bicyclic) bond motifs is 1. The third kappa shape index (κ3) is 3.73. The lowest BCUT2D eigenvalue weighted by Gasteiger charge is -2.12. The van der Waals surface area contributed by atoms with Gasteiger partial charge in [0.15, 0.2) is 11.4 Å². The van der Waals surface area contributed by atoms with E-state index in [1.54, 1.807) is 16.9 Å². The summed E-state index contributed by atoms with van der Waals surface area (Å²) in [6, 6.07) is 3.70. The summed E-state index contributed by atoms with van der Waals surface area (Å²) in [6.45, 7) is 9.50. The topological polar surface area (TPSA) is 92.7 Å². The van der Waals surface area contributed by atoms with E-state index in [2.05, 4.69) is 20.4 Å². The van der Waals surface area contributed by atoms with Crippen molar-refractivity contribution in [3.8, 4) is 0 Å². The highest BCUT2D eigenvalue weighted by atomic mass is 32.1. The normalized spacial score (nSPS) is 11.2. The molecule has 0 aliphatic carbocycles. The molecule has 0 fully saturated rings. The molecule has 0 atom stereocenters. The van der Waals surface area contributed by atoms with Crippen LogP contribution in [0.4, 0.5) is 0 Å². The van der Waals surface area contributed by atoms with Crippen LogP contribution in [0.2, 0.25) is 0 Å². The minimum Gasteiger partial charge on any atom is -0.371 e. The summed E-state index contributed by atoms with van der Waals surface area (Å²) in [6.07, 6.45) is 1.71. The van der Waals surface area contributed by atoms with Crippen molar-refractivity contribution >= 4 is 34.0 Å². The molecule has 0 spiro atoms. The summed E-state index contributed by atoms with van der Waals surface area (Å²) in [5, 5.41) is 8.31. The summed E-state index contributed by atoms with van der Waals surface area (Å²) in [5.41, 5.74) is 3.83. The van der Waals surface area contributed by atoms with Crippen LogP contribution in [0.1, 0.15) is 59.7 Å². The van der Waals surface area contributed by atoms with Gasteiger partial charge < -0.3 is 10.3 Å². The average Bonchev–Trinajstić information content (AvgIpc) is 3.03. The predicted molar refractivity (Wildman–Crippen MR) is 113 cm³/mol. The van der Waals surface area contributed by atoms with E-state index in [1.807, 2.05) is 33.8 Å². The van der Waals surface area contributed by atoms with Crippen molar-refractivity contribution in [2.24, 2.45) is 0 Å². The Morgan fingerprint density at radius 1 is 1.32 bits per heavy atom. The Morgan fingerprint density at radius 3 is 2.64 bits per heavy atom. The molecule has 0 saturated heterocycles. The van der Waals surface area contributed by atoms with E-state index >= 15 is 0 Å². The number of rotatable bonds is 5. The van der Waals surface area contributed by atoms with Gasteiger partial charge in [-0.2, -0.15) is 5.10 Å². The molecule has 0 bridgehead atoms. The Morgan fingerprint density at radius 2 is 2.04 bits per heavy atom. The lowest BCUT2D eigenvalue weighted by atomic mass is 10.1. The summed E-state index contributed by atoms with van der Waals surface area (Å²) < 4.78 is 1.77. The molecule has 0 unspecified atom stereocenters. The number of ketones is 1. The molecule has 0 saturated carbocycles.